The highest BCUT2D eigenvalue weighted by Gasteiger charge is 2.17. The average molecular weight is 374 g/mol. The van der Waals surface area contributed by atoms with Gasteiger partial charge in [0.1, 0.15) is 5.01 Å². The van der Waals surface area contributed by atoms with Crippen molar-refractivity contribution < 1.29 is 13.2 Å². The third-order valence-corrected chi connectivity index (χ3v) is 5.52. The van der Waals surface area contributed by atoms with Gasteiger partial charge in [-0.25, -0.2) is 8.42 Å². The van der Waals surface area contributed by atoms with Gasteiger partial charge in [-0.3, -0.25) is 9.52 Å². The number of sulfonamides is 1. The summed E-state index contributed by atoms with van der Waals surface area (Å²) in [5, 5.41) is 11.3. The summed E-state index contributed by atoms with van der Waals surface area (Å²) in [7, 11) is -3.78. The van der Waals surface area contributed by atoms with E-state index in [0.717, 1.165) is 16.9 Å². The lowest BCUT2D eigenvalue weighted by atomic mass is 10.2. The van der Waals surface area contributed by atoms with Gasteiger partial charge in [-0.05, 0) is 24.3 Å². The molecule has 0 spiro atoms. The number of carbonyl (C=O) groups excluding carboxylic acids is 1. The predicted molar refractivity (Wildman–Crippen MR) is 96.9 cm³/mol. The van der Waals surface area contributed by atoms with E-state index in [1.54, 1.807) is 0 Å². The molecule has 0 fully saturated rings. The van der Waals surface area contributed by atoms with Crippen LogP contribution in [0.5, 0.6) is 0 Å². The molecule has 9 heteroatoms. The largest absolute Gasteiger partial charge is 0.326 e. The number of aromatic nitrogens is 2. The van der Waals surface area contributed by atoms with Gasteiger partial charge in [0.15, 0.2) is 0 Å². The fourth-order valence-electron chi connectivity index (χ4n) is 2.06. The number of benzene rings is 2. The Kier molecular flexibility index (Phi) is 4.77. The van der Waals surface area contributed by atoms with E-state index in [2.05, 4.69) is 20.2 Å². The Bertz CT molecular complexity index is 984. The maximum Gasteiger partial charge on any atom is 0.263 e. The average Bonchev–Trinajstić information content (AvgIpc) is 3.03. The molecule has 1 aromatic heterocycles. The lowest BCUT2D eigenvalue weighted by Gasteiger charge is -2.06. The van der Waals surface area contributed by atoms with Crippen molar-refractivity contribution in [3.8, 4) is 10.6 Å². The number of carbonyl (C=O) groups is 1. The Hall–Kier alpha value is -2.78. The topological polar surface area (TPSA) is 101 Å². The molecule has 7 nitrogen and oxygen atoms in total. The van der Waals surface area contributed by atoms with Gasteiger partial charge in [0.05, 0.1) is 4.90 Å². The van der Waals surface area contributed by atoms with Gasteiger partial charge < -0.3 is 5.32 Å². The Labute approximate surface area is 148 Å². The van der Waals surface area contributed by atoms with Crippen molar-refractivity contribution >= 4 is 38.1 Å². The lowest BCUT2D eigenvalue weighted by molar-refractivity contribution is -0.114. The zero-order valence-corrected chi connectivity index (χ0v) is 14.8. The third kappa shape index (κ3) is 4.20. The van der Waals surface area contributed by atoms with Gasteiger partial charge in [-0.15, -0.1) is 10.2 Å². The zero-order chi connectivity index (χ0) is 17.9. The lowest BCUT2D eigenvalue weighted by Crippen LogP contribution is -2.13. The highest BCUT2D eigenvalue weighted by atomic mass is 32.2. The molecule has 25 heavy (non-hydrogen) atoms. The van der Waals surface area contributed by atoms with Crippen LogP contribution in [0.2, 0.25) is 0 Å². The summed E-state index contributed by atoms with van der Waals surface area (Å²) < 4.78 is 27.3. The van der Waals surface area contributed by atoms with E-state index >= 15 is 0 Å². The summed E-state index contributed by atoms with van der Waals surface area (Å²) in [6.07, 6.45) is 0. The van der Waals surface area contributed by atoms with Crippen molar-refractivity contribution in [3.05, 3.63) is 54.6 Å². The molecular weight excluding hydrogens is 360 g/mol. The second-order valence-electron chi connectivity index (χ2n) is 5.09. The first kappa shape index (κ1) is 17.1. The first-order chi connectivity index (χ1) is 11.9. The third-order valence-electron chi connectivity index (χ3n) is 3.15. The van der Waals surface area contributed by atoms with Gasteiger partial charge in [0, 0.05) is 18.2 Å². The second kappa shape index (κ2) is 6.99. The van der Waals surface area contributed by atoms with Crippen molar-refractivity contribution in [2.45, 2.75) is 11.8 Å². The molecule has 0 atom stereocenters. The first-order valence-corrected chi connectivity index (χ1v) is 9.53. The van der Waals surface area contributed by atoms with Gasteiger partial charge in [-0.1, -0.05) is 41.7 Å². The molecule has 1 heterocycles. The minimum Gasteiger partial charge on any atom is -0.326 e. The minimum absolute atomic E-state index is 0.0677. The molecule has 0 radical (unpaired) electrons. The van der Waals surface area contributed by atoms with Gasteiger partial charge in [0.2, 0.25) is 11.0 Å². The molecular formula is C16H14N4O3S2. The standard InChI is InChI=1S/C16H14N4O3S2/c1-11(21)17-13-7-9-14(10-8-13)25(22,23)20-16-19-18-15(24-16)12-5-3-2-4-6-12/h2-10H,1H3,(H,17,21)(H,19,20). The molecule has 0 bridgehead atoms. The van der Waals surface area contributed by atoms with E-state index in [-0.39, 0.29) is 15.9 Å². The molecule has 3 rings (SSSR count). The summed E-state index contributed by atoms with van der Waals surface area (Å²) in [5.74, 6) is -0.226. The molecule has 0 aliphatic heterocycles. The highest BCUT2D eigenvalue weighted by molar-refractivity contribution is 7.93. The van der Waals surface area contributed by atoms with Crippen LogP contribution in [-0.4, -0.2) is 24.5 Å². The summed E-state index contributed by atoms with van der Waals surface area (Å²) in [6, 6.07) is 15.2. The van der Waals surface area contributed by atoms with Crippen LogP contribution in [0.15, 0.2) is 59.5 Å². The van der Waals surface area contributed by atoms with Crippen LogP contribution in [0.3, 0.4) is 0 Å². The van der Waals surface area contributed by atoms with Crippen molar-refractivity contribution in [1.82, 2.24) is 10.2 Å². The number of amides is 1. The molecule has 1 amide bonds. The van der Waals surface area contributed by atoms with Gasteiger partial charge >= 0.3 is 0 Å². The number of hydrogen-bond acceptors (Lipinski definition) is 6. The Morgan fingerprint density at radius 1 is 1.00 bits per heavy atom. The van der Waals surface area contributed by atoms with Crippen LogP contribution in [0.25, 0.3) is 10.6 Å². The van der Waals surface area contributed by atoms with Crippen LogP contribution >= 0.6 is 11.3 Å². The smallest absolute Gasteiger partial charge is 0.263 e. The molecule has 0 saturated carbocycles. The van der Waals surface area contributed by atoms with Gasteiger partial charge in [-0.2, -0.15) is 0 Å². The van der Waals surface area contributed by atoms with Crippen LogP contribution in [-0.2, 0) is 14.8 Å². The monoisotopic (exact) mass is 374 g/mol. The van der Waals surface area contributed by atoms with E-state index in [4.69, 9.17) is 0 Å². The van der Waals surface area contributed by atoms with Crippen LogP contribution < -0.4 is 10.0 Å². The Morgan fingerprint density at radius 2 is 1.68 bits per heavy atom. The molecule has 0 unspecified atom stereocenters. The summed E-state index contributed by atoms with van der Waals surface area (Å²) >= 11 is 1.15. The fraction of sp³-hybridized carbons (Fsp3) is 0.0625. The number of rotatable bonds is 5. The summed E-state index contributed by atoms with van der Waals surface area (Å²) in [6.45, 7) is 1.38. The quantitative estimate of drug-likeness (QED) is 0.715. The van der Waals surface area contributed by atoms with E-state index in [1.807, 2.05) is 30.3 Å². The van der Waals surface area contributed by atoms with Crippen molar-refractivity contribution in [2.24, 2.45) is 0 Å². The van der Waals surface area contributed by atoms with E-state index in [0.29, 0.717) is 10.7 Å². The molecule has 0 saturated heterocycles. The SMILES string of the molecule is CC(=O)Nc1ccc(S(=O)(=O)Nc2nnc(-c3ccccc3)s2)cc1. The van der Waals surface area contributed by atoms with Crippen LogP contribution in [0.1, 0.15) is 6.92 Å². The maximum absolute atomic E-state index is 12.4. The highest BCUT2D eigenvalue weighted by Crippen LogP contribution is 2.27. The molecule has 128 valence electrons. The number of hydrogen-bond donors (Lipinski definition) is 2. The van der Waals surface area contributed by atoms with E-state index in [9.17, 15) is 13.2 Å². The molecule has 3 aromatic rings. The summed E-state index contributed by atoms with van der Waals surface area (Å²) in [4.78, 5) is 11.1. The number of nitrogens with zero attached hydrogens (tertiary/aromatic N) is 2. The predicted octanol–water partition coefficient (Wildman–Crippen LogP) is 2.96. The fourth-order valence-corrected chi connectivity index (χ4v) is 4.04. The first-order valence-electron chi connectivity index (χ1n) is 7.23. The number of anilines is 2. The van der Waals surface area contributed by atoms with Crippen molar-refractivity contribution in [3.63, 3.8) is 0 Å². The molecule has 0 aliphatic rings. The summed E-state index contributed by atoms with van der Waals surface area (Å²) in [5.41, 5.74) is 1.39. The van der Waals surface area contributed by atoms with Crippen molar-refractivity contribution in [2.75, 3.05) is 10.0 Å². The Balaban J connectivity index is 1.78. The van der Waals surface area contributed by atoms with Gasteiger partial charge in [0.25, 0.3) is 10.0 Å². The van der Waals surface area contributed by atoms with Crippen LogP contribution in [0, 0.1) is 0 Å². The van der Waals surface area contributed by atoms with Crippen LogP contribution in [0.4, 0.5) is 10.8 Å². The van der Waals surface area contributed by atoms with E-state index in [1.165, 1.54) is 31.2 Å². The zero-order valence-electron chi connectivity index (χ0n) is 13.1. The Morgan fingerprint density at radius 3 is 2.32 bits per heavy atom. The van der Waals surface area contributed by atoms with Crippen molar-refractivity contribution in [1.29, 1.82) is 0 Å². The van der Waals surface area contributed by atoms with E-state index < -0.39 is 10.0 Å². The number of nitrogens with one attached hydrogen (secondary N) is 2. The maximum atomic E-state index is 12.4. The molecule has 0 aliphatic carbocycles. The molecule has 2 aromatic carbocycles. The minimum atomic E-state index is -3.78. The molecule has 2 N–H and O–H groups in total. The normalized spacial score (nSPS) is 11.1. The second-order valence-corrected chi connectivity index (χ2v) is 7.75.